The van der Waals surface area contributed by atoms with E-state index >= 15 is 0 Å². The van der Waals surface area contributed by atoms with E-state index in [4.69, 9.17) is 21.9 Å². The fraction of sp³-hybridized carbons (Fsp3) is 1.00. The molecule has 1 unspecified atom stereocenters. The minimum Gasteiger partial charge on any atom is -0.377 e. The number of nitrogens with one attached hydrogen (secondary N) is 1. The molecule has 5 heteroatoms. The van der Waals surface area contributed by atoms with Gasteiger partial charge in [-0.15, -0.1) is 0 Å². The molecule has 3 atom stereocenters. The van der Waals surface area contributed by atoms with Crippen molar-refractivity contribution in [1.29, 1.82) is 0 Å². The number of hydrogen-bond acceptors (Lipinski definition) is 5. The Balaban J connectivity index is 2.02. The molecule has 0 amide bonds. The molecular weight excluding hydrogens is 192 g/mol. The average Bonchev–Trinajstić information content (AvgIpc) is 2.23. The van der Waals surface area contributed by atoms with E-state index in [2.05, 4.69) is 5.32 Å². The largest absolute Gasteiger partial charge is 0.377 e. The zero-order valence-corrected chi connectivity index (χ0v) is 9.32. The summed E-state index contributed by atoms with van der Waals surface area (Å²) in [7, 11) is 0. The van der Waals surface area contributed by atoms with Gasteiger partial charge < -0.3 is 27.3 Å². The van der Waals surface area contributed by atoms with Crippen molar-refractivity contribution in [3.63, 3.8) is 0 Å². The van der Waals surface area contributed by atoms with Crippen molar-refractivity contribution in [2.75, 3.05) is 26.2 Å². The number of ether oxygens (including phenoxy) is 1. The van der Waals surface area contributed by atoms with Gasteiger partial charge in [0.2, 0.25) is 0 Å². The van der Waals surface area contributed by atoms with E-state index in [0.29, 0.717) is 12.6 Å². The van der Waals surface area contributed by atoms with E-state index in [1.165, 1.54) is 0 Å². The molecule has 90 valence electrons. The summed E-state index contributed by atoms with van der Waals surface area (Å²) in [5.74, 6) is 0. The highest BCUT2D eigenvalue weighted by molar-refractivity contribution is 4.85. The summed E-state index contributed by atoms with van der Waals surface area (Å²) < 4.78 is 5.71. The maximum atomic E-state index is 5.88. The van der Waals surface area contributed by atoms with Gasteiger partial charge in [0.25, 0.3) is 0 Å². The Kier molecular flexibility index (Phi) is 6.12. The first kappa shape index (κ1) is 12.9. The second-order valence-electron chi connectivity index (χ2n) is 4.17. The van der Waals surface area contributed by atoms with Crippen LogP contribution in [0.2, 0.25) is 0 Å². The van der Waals surface area contributed by atoms with Crippen molar-refractivity contribution in [2.24, 2.45) is 17.2 Å². The lowest BCUT2D eigenvalue weighted by atomic mass is 9.89. The maximum absolute atomic E-state index is 5.88. The molecule has 0 aromatic rings. The highest BCUT2D eigenvalue weighted by atomic mass is 16.5. The minimum atomic E-state index is 0.0979. The summed E-state index contributed by atoms with van der Waals surface area (Å²) in [5, 5.41) is 3.19. The first-order chi connectivity index (χ1) is 7.24. The zero-order chi connectivity index (χ0) is 11.1. The molecule has 1 rings (SSSR count). The highest BCUT2D eigenvalue weighted by Gasteiger charge is 2.25. The van der Waals surface area contributed by atoms with Crippen LogP contribution in [0.15, 0.2) is 0 Å². The fourth-order valence-electron chi connectivity index (χ4n) is 1.86. The average molecular weight is 216 g/mol. The van der Waals surface area contributed by atoms with Crippen LogP contribution in [-0.2, 0) is 4.74 Å². The van der Waals surface area contributed by atoms with E-state index in [0.717, 1.165) is 39.0 Å². The molecule has 0 aliphatic heterocycles. The molecule has 0 heterocycles. The molecule has 0 radical (unpaired) electrons. The normalized spacial score (nSPS) is 31.8. The van der Waals surface area contributed by atoms with Crippen LogP contribution in [0.4, 0.5) is 0 Å². The van der Waals surface area contributed by atoms with Crippen LogP contribution in [0, 0.1) is 0 Å². The van der Waals surface area contributed by atoms with Crippen LogP contribution in [0.25, 0.3) is 0 Å². The Morgan fingerprint density at radius 2 is 1.93 bits per heavy atom. The van der Waals surface area contributed by atoms with Gasteiger partial charge in [0.15, 0.2) is 0 Å². The van der Waals surface area contributed by atoms with Crippen molar-refractivity contribution in [3.8, 4) is 0 Å². The third-order valence-electron chi connectivity index (χ3n) is 2.86. The Morgan fingerprint density at radius 3 is 2.60 bits per heavy atom. The highest BCUT2D eigenvalue weighted by Crippen LogP contribution is 2.18. The quantitative estimate of drug-likeness (QED) is 0.416. The summed E-state index contributed by atoms with van der Waals surface area (Å²) in [4.78, 5) is 0. The monoisotopic (exact) mass is 216 g/mol. The third kappa shape index (κ3) is 4.90. The first-order valence-electron chi connectivity index (χ1n) is 5.77. The number of nitrogens with two attached hydrogens (primary N) is 3. The SMILES string of the molecule is NCCNCCOC1CC[C@@H](N)[C@@H](N)C1. The summed E-state index contributed by atoms with van der Waals surface area (Å²) in [6, 6.07) is 0.251. The van der Waals surface area contributed by atoms with Crippen LogP contribution in [0.3, 0.4) is 0 Å². The Bertz CT molecular complexity index is 168. The topological polar surface area (TPSA) is 99.3 Å². The molecule has 1 saturated carbocycles. The fourth-order valence-corrected chi connectivity index (χ4v) is 1.86. The van der Waals surface area contributed by atoms with Gasteiger partial charge in [0.05, 0.1) is 12.7 Å². The van der Waals surface area contributed by atoms with E-state index < -0.39 is 0 Å². The molecule has 0 spiro atoms. The van der Waals surface area contributed by atoms with Gasteiger partial charge in [-0.1, -0.05) is 0 Å². The molecular formula is C10H24N4O. The van der Waals surface area contributed by atoms with Gasteiger partial charge in [-0.2, -0.15) is 0 Å². The molecule has 0 saturated heterocycles. The Morgan fingerprint density at radius 1 is 1.13 bits per heavy atom. The maximum Gasteiger partial charge on any atom is 0.0594 e. The molecule has 7 N–H and O–H groups in total. The molecule has 1 aliphatic carbocycles. The van der Waals surface area contributed by atoms with Crippen LogP contribution in [0.5, 0.6) is 0 Å². The minimum absolute atomic E-state index is 0.0979. The lowest BCUT2D eigenvalue weighted by Crippen LogP contribution is -2.48. The van der Waals surface area contributed by atoms with Gasteiger partial charge in [0.1, 0.15) is 0 Å². The number of rotatable bonds is 6. The van der Waals surface area contributed by atoms with Crippen molar-refractivity contribution < 1.29 is 4.74 Å². The van der Waals surface area contributed by atoms with Gasteiger partial charge in [-0.3, -0.25) is 0 Å². The van der Waals surface area contributed by atoms with Crippen LogP contribution < -0.4 is 22.5 Å². The molecule has 0 aromatic heterocycles. The smallest absolute Gasteiger partial charge is 0.0594 e. The lowest BCUT2D eigenvalue weighted by Gasteiger charge is -2.31. The van der Waals surface area contributed by atoms with Gasteiger partial charge in [-0.25, -0.2) is 0 Å². The van der Waals surface area contributed by atoms with Gasteiger partial charge in [0, 0.05) is 31.7 Å². The molecule has 1 aliphatic rings. The lowest BCUT2D eigenvalue weighted by molar-refractivity contribution is 0.0216. The molecule has 0 bridgehead atoms. The molecule has 1 fully saturated rings. The summed E-state index contributed by atoms with van der Waals surface area (Å²) in [5.41, 5.74) is 17.1. The van der Waals surface area contributed by atoms with Gasteiger partial charge >= 0.3 is 0 Å². The van der Waals surface area contributed by atoms with Crippen molar-refractivity contribution in [2.45, 2.75) is 37.5 Å². The van der Waals surface area contributed by atoms with Crippen molar-refractivity contribution >= 4 is 0 Å². The molecule has 15 heavy (non-hydrogen) atoms. The van der Waals surface area contributed by atoms with E-state index in [1.807, 2.05) is 0 Å². The van der Waals surface area contributed by atoms with Crippen molar-refractivity contribution in [1.82, 2.24) is 5.32 Å². The standard InChI is InChI=1S/C10H24N4O/c11-3-4-14-5-6-15-8-1-2-9(12)10(13)7-8/h8-10,14H,1-7,11-13H2/t8?,9-,10+/m1/s1. The summed E-state index contributed by atoms with van der Waals surface area (Å²) in [6.07, 6.45) is 3.19. The predicted molar refractivity (Wildman–Crippen MR) is 61.5 cm³/mol. The van der Waals surface area contributed by atoms with Crippen molar-refractivity contribution in [3.05, 3.63) is 0 Å². The Labute approximate surface area is 91.7 Å². The van der Waals surface area contributed by atoms with Crippen LogP contribution >= 0.6 is 0 Å². The zero-order valence-electron chi connectivity index (χ0n) is 9.32. The summed E-state index contributed by atoms with van der Waals surface area (Å²) >= 11 is 0. The summed E-state index contributed by atoms with van der Waals surface area (Å²) in [6.45, 7) is 3.10. The third-order valence-corrected chi connectivity index (χ3v) is 2.86. The van der Waals surface area contributed by atoms with Crippen LogP contribution in [0.1, 0.15) is 19.3 Å². The van der Waals surface area contributed by atoms with E-state index in [1.54, 1.807) is 0 Å². The second kappa shape index (κ2) is 7.14. The molecule has 0 aromatic carbocycles. The Hall–Kier alpha value is -0.200. The van der Waals surface area contributed by atoms with Gasteiger partial charge in [-0.05, 0) is 19.3 Å². The van der Waals surface area contributed by atoms with E-state index in [9.17, 15) is 0 Å². The molecule has 5 nitrogen and oxygen atoms in total. The number of hydrogen-bond donors (Lipinski definition) is 4. The predicted octanol–water partition coefficient (Wildman–Crippen LogP) is -1.24. The second-order valence-corrected chi connectivity index (χ2v) is 4.17. The first-order valence-corrected chi connectivity index (χ1v) is 5.77. The van der Waals surface area contributed by atoms with Crippen LogP contribution in [-0.4, -0.2) is 44.4 Å². The van der Waals surface area contributed by atoms with E-state index in [-0.39, 0.29) is 12.1 Å².